The quantitative estimate of drug-likeness (QED) is 0.599. The molecular weight excluding hydrogens is 264 g/mol. The van der Waals surface area contributed by atoms with Gasteiger partial charge in [-0.1, -0.05) is 59.7 Å². The molecule has 0 amide bonds. The van der Waals surface area contributed by atoms with E-state index in [1.807, 2.05) is 30.3 Å². The van der Waals surface area contributed by atoms with Gasteiger partial charge in [-0.15, -0.1) is 0 Å². The van der Waals surface area contributed by atoms with Crippen molar-refractivity contribution < 1.29 is 14.3 Å². The highest BCUT2D eigenvalue weighted by Gasteiger charge is 2.41. The smallest absolute Gasteiger partial charge is 0.310 e. The molecule has 1 aromatic carbocycles. The second-order valence-electron chi connectivity index (χ2n) is 7.49. The van der Waals surface area contributed by atoms with E-state index in [-0.39, 0.29) is 29.3 Å². The van der Waals surface area contributed by atoms with Gasteiger partial charge in [0.2, 0.25) is 0 Å². The number of hydrogen-bond acceptors (Lipinski definition) is 3. The van der Waals surface area contributed by atoms with Crippen LogP contribution in [0.15, 0.2) is 30.3 Å². The molecule has 0 radical (unpaired) electrons. The van der Waals surface area contributed by atoms with Gasteiger partial charge in [0.1, 0.15) is 19.0 Å². The van der Waals surface area contributed by atoms with Crippen LogP contribution in [-0.2, 0) is 9.53 Å². The molecule has 1 rings (SSSR count). The second kappa shape index (κ2) is 6.97. The van der Waals surface area contributed by atoms with Crippen LogP contribution in [-0.4, -0.2) is 19.2 Å². The van der Waals surface area contributed by atoms with Crippen LogP contribution in [0.25, 0.3) is 0 Å². The minimum atomic E-state index is -0.151. The summed E-state index contributed by atoms with van der Waals surface area (Å²) < 4.78 is 10.9. The van der Waals surface area contributed by atoms with Crippen molar-refractivity contribution in [2.24, 2.45) is 16.7 Å². The Morgan fingerprint density at radius 3 is 1.95 bits per heavy atom. The summed E-state index contributed by atoms with van der Waals surface area (Å²) in [6, 6.07) is 9.53. The Kier molecular flexibility index (Phi) is 5.82. The van der Waals surface area contributed by atoms with Gasteiger partial charge in [-0.05, 0) is 23.0 Å². The van der Waals surface area contributed by atoms with Gasteiger partial charge in [0.05, 0.1) is 5.92 Å². The molecule has 0 bridgehead atoms. The number of benzene rings is 1. The number of esters is 1. The van der Waals surface area contributed by atoms with Gasteiger partial charge >= 0.3 is 5.97 Å². The highest BCUT2D eigenvalue weighted by Crippen LogP contribution is 2.40. The van der Waals surface area contributed by atoms with Crippen LogP contribution in [0.4, 0.5) is 0 Å². The highest BCUT2D eigenvalue weighted by molar-refractivity contribution is 5.74. The molecule has 0 saturated carbocycles. The van der Waals surface area contributed by atoms with E-state index in [2.05, 4.69) is 41.5 Å². The zero-order valence-electron chi connectivity index (χ0n) is 14.1. The lowest BCUT2D eigenvalue weighted by Crippen LogP contribution is -2.40. The maximum atomic E-state index is 12.4. The molecule has 0 saturated heterocycles. The summed E-state index contributed by atoms with van der Waals surface area (Å²) in [5.74, 6) is 0.491. The van der Waals surface area contributed by atoms with Gasteiger partial charge in [-0.2, -0.15) is 0 Å². The summed E-state index contributed by atoms with van der Waals surface area (Å²) in [7, 11) is 0. The van der Waals surface area contributed by atoms with Gasteiger partial charge in [-0.25, -0.2) is 0 Å². The molecule has 0 fully saturated rings. The van der Waals surface area contributed by atoms with E-state index in [1.54, 1.807) is 0 Å². The summed E-state index contributed by atoms with van der Waals surface area (Å²) in [5, 5.41) is 0. The fourth-order valence-electron chi connectivity index (χ4n) is 2.91. The maximum Gasteiger partial charge on any atom is 0.310 e. The molecule has 0 heterocycles. The fourth-order valence-corrected chi connectivity index (χ4v) is 2.91. The average molecular weight is 292 g/mol. The van der Waals surface area contributed by atoms with Crippen LogP contribution < -0.4 is 4.74 Å². The lowest BCUT2D eigenvalue weighted by Gasteiger charge is -2.38. The van der Waals surface area contributed by atoms with E-state index in [9.17, 15) is 4.79 Å². The molecule has 3 heteroatoms. The van der Waals surface area contributed by atoms with E-state index >= 15 is 0 Å². The van der Waals surface area contributed by atoms with Crippen molar-refractivity contribution in [2.75, 3.05) is 13.2 Å². The first-order valence-corrected chi connectivity index (χ1v) is 7.47. The van der Waals surface area contributed by atoms with Crippen LogP contribution in [0.5, 0.6) is 5.75 Å². The normalized spacial score (nSPS) is 12.3. The third-order valence-corrected chi connectivity index (χ3v) is 3.31. The number of carbonyl (C=O) groups excluding carboxylic acids is 1. The zero-order valence-corrected chi connectivity index (χ0v) is 14.1. The lowest BCUT2D eigenvalue weighted by molar-refractivity contribution is -0.158. The number of carbonyl (C=O) groups is 1. The lowest BCUT2D eigenvalue weighted by atomic mass is 9.67. The van der Waals surface area contributed by atoms with Gasteiger partial charge in [-0.3, -0.25) is 4.79 Å². The summed E-state index contributed by atoms with van der Waals surface area (Å²) in [4.78, 5) is 12.4. The van der Waals surface area contributed by atoms with Gasteiger partial charge in [0.25, 0.3) is 0 Å². The maximum absolute atomic E-state index is 12.4. The van der Waals surface area contributed by atoms with E-state index in [1.165, 1.54) is 0 Å². The largest absolute Gasteiger partial charge is 0.490 e. The van der Waals surface area contributed by atoms with E-state index in [0.717, 1.165) is 5.75 Å². The Hall–Kier alpha value is -1.51. The molecule has 0 unspecified atom stereocenters. The first-order valence-electron chi connectivity index (χ1n) is 7.47. The van der Waals surface area contributed by atoms with Crippen LogP contribution in [0.3, 0.4) is 0 Å². The third-order valence-electron chi connectivity index (χ3n) is 3.31. The van der Waals surface area contributed by atoms with Crippen LogP contribution in [0.2, 0.25) is 0 Å². The van der Waals surface area contributed by atoms with E-state index in [0.29, 0.717) is 6.61 Å². The van der Waals surface area contributed by atoms with Crippen molar-refractivity contribution in [3.8, 4) is 5.75 Å². The van der Waals surface area contributed by atoms with Crippen LogP contribution >= 0.6 is 0 Å². The van der Waals surface area contributed by atoms with Crippen molar-refractivity contribution in [1.29, 1.82) is 0 Å². The summed E-state index contributed by atoms with van der Waals surface area (Å²) in [5.41, 5.74) is -0.259. The number of para-hydroxylation sites is 1. The van der Waals surface area contributed by atoms with Gasteiger partial charge in [0.15, 0.2) is 0 Å². The first-order chi connectivity index (χ1) is 9.62. The molecule has 3 nitrogen and oxygen atoms in total. The molecule has 0 aliphatic heterocycles. The van der Waals surface area contributed by atoms with Crippen molar-refractivity contribution in [1.82, 2.24) is 0 Å². The number of hydrogen-bond donors (Lipinski definition) is 0. The van der Waals surface area contributed by atoms with Crippen molar-refractivity contribution >= 4 is 5.97 Å². The zero-order chi connectivity index (χ0) is 16.1. The Morgan fingerprint density at radius 1 is 0.952 bits per heavy atom. The molecule has 0 atom stereocenters. The van der Waals surface area contributed by atoms with Gasteiger partial charge < -0.3 is 9.47 Å². The van der Waals surface area contributed by atoms with Crippen molar-refractivity contribution in [2.45, 2.75) is 41.5 Å². The molecule has 0 spiro atoms. The number of ether oxygens (including phenoxy) is 2. The molecule has 21 heavy (non-hydrogen) atoms. The Morgan fingerprint density at radius 2 is 1.48 bits per heavy atom. The predicted octanol–water partition coefficient (Wildman–Crippen LogP) is 4.32. The molecule has 1 aromatic rings. The first kappa shape index (κ1) is 17.5. The number of rotatable bonds is 5. The Balaban J connectivity index is 2.48. The topological polar surface area (TPSA) is 35.5 Å². The second-order valence-corrected chi connectivity index (χ2v) is 7.49. The summed E-state index contributed by atoms with van der Waals surface area (Å²) in [6.45, 7) is 13.1. The average Bonchev–Trinajstić information content (AvgIpc) is 2.32. The van der Waals surface area contributed by atoms with Crippen molar-refractivity contribution in [3.05, 3.63) is 30.3 Å². The summed E-state index contributed by atoms with van der Waals surface area (Å²) >= 11 is 0. The van der Waals surface area contributed by atoms with E-state index in [4.69, 9.17) is 9.47 Å². The SMILES string of the molecule is CC(C)(C)C(C(=O)OCCOc1ccccc1)C(C)(C)C. The Labute approximate surface area is 128 Å². The molecule has 0 N–H and O–H groups in total. The van der Waals surface area contributed by atoms with Crippen molar-refractivity contribution in [3.63, 3.8) is 0 Å². The standard InChI is InChI=1S/C18H28O3/c1-17(2,3)15(18(4,5)6)16(19)21-13-12-20-14-10-8-7-9-11-14/h7-11,15H,12-13H2,1-6H3. The molecule has 0 aromatic heterocycles. The summed E-state index contributed by atoms with van der Waals surface area (Å²) in [6.07, 6.45) is 0. The van der Waals surface area contributed by atoms with E-state index < -0.39 is 0 Å². The predicted molar refractivity (Wildman–Crippen MR) is 85.3 cm³/mol. The van der Waals surface area contributed by atoms with Crippen LogP contribution in [0, 0.1) is 16.7 Å². The fraction of sp³-hybridized carbons (Fsp3) is 0.611. The molecule has 0 aliphatic rings. The highest BCUT2D eigenvalue weighted by atomic mass is 16.6. The van der Waals surface area contributed by atoms with Gasteiger partial charge in [0, 0.05) is 0 Å². The minimum Gasteiger partial charge on any atom is -0.490 e. The monoisotopic (exact) mass is 292 g/mol. The molecule has 0 aliphatic carbocycles. The third kappa shape index (κ3) is 5.78. The minimum absolute atomic E-state index is 0.129. The molecular formula is C18H28O3. The molecule has 118 valence electrons. The Bertz CT molecular complexity index is 424. The van der Waals surface area contributed by atoms with Crippen LogP contribution in [0.1, 0.15) is 41.5 Å².